The molecule has 7 nitrogen and oxygen atoms in total. The average Bonchev–Trinajstić information content (AvgIpc) is 2.97. The number of aromatic nitrogens is 1. The Morgan fingerprint density at radius 1 is 1.28 bits per heavy atom. The molecule has 134 valence electrons. The summed E-state index contributed by atoms with van der Waals surface area (Å²) in [5, 5.41) is 6.87. The van der Waals surface area contributed by atoms with Gasteiger partial charge in [0.1, 0.15) is 11.5 Å². The SMILES string of the molecule is COc1cccc(N2CCN(C(=O)NCc3c(C)noc3C)CC2)c1. The van der Waals surface area contributed by atoms with Crippen molar-refractivity contribution in [2.24, 2.45) is 0 Å². The van der Waals surface area contributed by atoms with Crippen LogP contribution in [0, 0.1) is 13.8 Å². The van der Waals surface area contributed by atoms with Crippen molar-refractivity contribution in [3.8, 4) is 5.75 Å². The second kappa shape index (κ2) is 7.46. The number of amides is 2. The highest BCUT2D eigenvalue weighted by molar-refractivity contribution is 5.74. The van der Waals surface area contributed by atoms with E-state index in [-0.39, 0.29) is 6.03 Å². The first-order valence-electron chi connectivity index (χ1n) is 8.42. The molecule has 0 spiro atoms. The molecule has 2 aromatic rings. The number of rotatable bonds is 4. The van der Waals surface area contributed by atoms with Gasteiger partial charge < -0.3 is 24.4 Å². The van der Waals surface area contributed by atoms with E-state index < -0.39 is 0 Å². The van der Waals surface area contributed by atoms with Gasteiger partial charge in [0.15, 0.2) is 0 Å². The van der Waals surface area contributed by atoms with E-state index >= 15 is 0 Å². The van der Waals surface area contributed by atoms with Crippen LogP contribution in [0.15, 0.2) is 28.8 Å². The summed E-state index contributed by atoms with van der Waals surface area (Å²) in [7, 11) is 1.67. The largest absolute Gasteiger partial charge is 0.497 e. The lowest BCUT2D eigenvalue weighted by Gasteiger charge is -2.36. The summed E-state index contributed by atoms with van der Waals surface area (Å²) in [6, 6.07) is 7.95. The van der Waals surface area contributed by atoms with Crippen molar-refractivity contribution in [3.63, 3.8) is 0 Å². The number of carbonyl (C=O) groups is 1. The Labute approximate surface area is 147 Å². The molecule has 0 radical (unpaired) electrons. The highest BCUT2D eigenvalue weighted by Gasteiger charge is 2.22. The van der Waals surface area contributed by atoms with Gasteiger partial charge in [-0.15, -0.1) is 0 Å². The van der Waals surface area contributed by atoms with Crippen LogP contribution >= 0.6 is 0 Å². The minimum absolute atomic E-state index is 0.0507. The third kappa shape index (κ3) is 3.87. The van der Waals surface area contributed by atoms with E-state index in [2.05, 4.69) is 21.4 Å². The molecule has 1 aliphatic rings. The predicted octanol–water partition coefficient (Wildman–Crippen LogP) is 2.33. The van der Waals surface area contributed by atoms with E-state index in [1.807, 2.05) is 36.9 Å². The summed E-state index contributed by atoms with van der Waals surface area (Å²) in [5.41, 5.74) is 2.89. The van der Waals surface area contributed by atoms with Crippen LogP contribution in [0.25, 0.3) is 0 Å². The van der Waals surface area contributed by atoms with Crippen LogP contribution < -0.4 is 15.0 Å². The number of benzene rings is 1. The Bertz CT molecular complexity index is 716. The molecule has 1 saturated heterocycles. The van der Waals surface area contributed by atoms with Gasteiger partial charge >= 0.3 is 6.03 Å². The smallest absolute Gasteiger partial charge is 0.317 e. The maximum atomic E-state index is 12.4. The fourth-order valence-electron chi connectivity index (χ4n) is 3.00. The maximum absolute atomic E-state index is 12.4. The topological polar surface area (TPSA) is 70.8 Å². The van der Waals surface area contributed by atoms with Gasteiger partial charge in [0.05, 0.1) is 12.8 Å². The van der Waals surface area contributed by atoms with Gasteiger partial charge in [-0.05, 0) is 26.0 Å². The van der Waals surface area contributed by atoms with Crippen LogP contribution in [0.5, 0.6) is 5.75 Å². The Morgan fingerprint density at radius 3 is 2.68 bits per heavy atom. The van der Waals surface area contributed by atoms with E-state index in [9.17, 15) is 4.79 Å². The molecule has 0 atom stereocenters. The van der Waals surface area contributed by atoms with Crippen molar-refractivity contribution < 1.29 is 14.1 Å². The van der Waals surface area contributed by atoms with E-state index in [1.54, 1.807) is 7.11 Å². The normalized spacial score (nSPS) is 14.5. The predicted molar refractivity (Wildman–Crippen MR) is 95.0 cm³/mol. The Hall–Kier alpha value is -2.70. The number of carbonyl (C=O) groups excluding carboxylic acids is 1. The van der Waals surface area contributed by atoms with E-state index in [4.69, 9.17) is 9.26 Å². The fraction of sp³-hybridized carbons (Fsp3) is 0.444. The molecule has 0 bridgehead atoms. The Morgan fingerprint density at radius 2 is 2.04 bits per heavy atom. The average molecular weight is 344 g/mol. The van der Waals surface area contributed by atoms with Crippen LogP contribution in [-0.4, -0.2) is 49.4 Å². The molecule has 7 heteroatoms. The highest BCUT2D eigenvalue weighted by atomic mass is 16.5. The summed E-state index contributed by atoms with van der Waals surface area (Å²) >= 11 is 0. The van der Waals surface area contributed by atoms with Crippen LogP contribution in [0.4, 0.5) is 10.5 Å². The standard InChI is InChI=1S/C18H24N4O3/c1-13-17(14(2)25-20-13)12-19-18(23)22-9-7-21(8-10-22)15-5-4-6-16(11-15)24-3/h4-6,11H,7-10,12H2,1-3H3,(H,19,23). The van der Waals surface area contributed by atoms with Gasteiger partial charge in [0.25, 0.3) is 0 Å². The monoisotopic (exact) mass is 344 g/mol. The summed E-state index contributed by atoms with van der Waals surface area (Å²) in [6.07, 6.45) is 0. The number of nitrogens with zero attached hydrogens (tertiary/aromatic N) is 3. The van der Waals surface area contributed by atoms with Crippen LogP contribution in [0.3, 0.4) is 0 Å². The lowest BCUT2D eigenvalue weighted by atomic mass is 10.2. The minimum atomic E-state index is -0.0507. The number of ether oxygens (including phenoxy) is 1. The quantitative estimate of drug-likeness (QED) is 0.922. The lowest BCUT2D eigenvalue weighted by Crippen LogP contribution is -2.51. The van der Waals surface area contributed by atoms with Gasteiger partial charge in [-0.1, -0.05) is 11.2 Å². The molecular weight excluding hydrogens is 320 g/mol. The maximum Gasteiger partial charge on any atom is 0.317 e. The third-order valence-electron chi connectivity index (χ3n) is 4.58. The van der Waals surface area contributed by atoms with Crippen molar-refractivity contribution in [2.75, 3.05) is 38.2 Å². The van der Waals surface area contributed by atoms with Crippen LogP contribution in [-0.2, 0) is 6.54 Å². The molecule has 0 aliphatic carbocycles. The van der Waals surface area contributed by atoms with Gasteiger partial charge in [-0.25, -0.2) is 4.79 Å². The molecule has 25 heavy (non-hydrogen) atoms. The number of urea groups is 1. The van der Waals surface area contributed by atoms with E-state index in [0.717, 1.165) is 41.5 Å². The first-order chi connectivity index (χ1) is 12.1. The summed E-state index contributed by atoms with van der Waals surface area (Å²) in [5.74, 6) is 1.60. The van der Waals surface area contributed by atoms with Crippen LogP contribution in [0.1, 0.15) is 17.0 Å². The van der Waals surface area contributed by atoms with Gasteiger partial charge in [0.2, 0.25) is 0 Å². The fourth-order valence-corrected chi connectivity index (χ4v) is 3.00. The van der Waals surface area contributed by atoms with Crippen LogP contribution in [0.2, 0.25) is 0 Å². The second-order valence-corrected chi connectivity index (χ2v) is 6.14. The number of hydrogen-bond donors (Lipinski definition) is 1. The molecule has 1 aromatic carbocycles. The zero-order valence-corrected chi connectivity index (χ0v) is 14.9. The van der Waals surface area contributed by atoms with Crippen molar-refractivity contribution >= 4 is 11.7 Å². The van der Waals surface area contributed by atoms with Crippen molar-refractivity contribution in [1.29, 1.82) is 0 Å². The molecule has 2 amide bonds. The molecule has 1 aromatic heterocycles. The molecule has 1 N–H and O–H groups in total. The van der Waals surface area contributed by atoms with Crippen molar-refractivity contribution in [3.05, 3.63) is 41.3 Å². The van der Waals surface area contributed by atoms with Gasteiger partial charge in [-0.2, -0.15) is 0 Å². The lowest BCUT2D eigenvalue weighted by molar-refractivity contribution is 0.194. The van der Waals surface area contributed by atoms with Gasteiger partial charge in [0, 0.05) is 50.0 Å². The van der Waals surface area contributed by atoms with E-state index in [1.165, 1.54) is 0 Å². The number of nitrogens with one attached hydrogen (secondary N) is 1. The molecule has 1 aliphatic heterocycles. The molecule has 0 saturated carbocycles. The van der Waals surface area contributed by atoms with Gasteiger partial charge in [-0.3, -0.25) is 0 Å². The number of hydrogen-bond acceptors (Lipinski definition) is 5. The molecule has 2 heterocycles. The van der Waals surface area contributed by atoms with Crippen molar-refractivity contribution in [2.45, 2.75) is 20.4 Å². The number of piperazine rings is 1. The van der Waals surface area contributed by atoms with E-state index in [0.29, 0.717) is 19.6 Å². The summed E-state index contributed by atoms with van der Waals surface area (Å²) in [6.45, 7) is 7.14. The Kier molecular flexibility index (Phi) is 5.11. The minimum Gasteiger partial charge on any atom is -0.497 e. The molecule has 3 rings (SSSR count). The third-order valence-corrected chi connectivity index (χ3v) is 4.58. The number of anilines is 1. The second-order valence-electron chi connectivity index (χ2n) is 6.14. The number of aryl methyl sites for hydroxylation is 2. The zero-order chi connectivity index (χ0) is 17.8. The summed E-state index contributed by atoms with van der Waals surface area (Å²) < 4.78 is 10.4. The first-order valence-corrected chi connectivity index (χ1v) is 8.42. The number of methoxy groups -OCH3 is 1. The molecule has 0 unspecified atom stereocenters. The molecular formula is C18H24N4O3. The zero-order valence-electron chi connectivity index (χ0n) is 14.9. The highest BCUT2D eigenvalue weighted by Crippen LogP contribution is 2.22. The first kappa shape index (κ1) is 17.1. The Balaban J connectivity index is 1.52. The van der Waals surface area contributed by atoms with Crippen molar-refractivity contribution in [1.82, 2.24) is 15.4 Å². The molecule has 1 fully saturated rings. The summed E-state index contributed by atoms with van der Waals surface area (Å²) in [4.78, 5) is 16.5.